The quantitative estimate of drug-likeness (QED) is 0.675. The Morgan fingerprint density at radius 1 is 1.21 bits per heavy atom. The van der Waals surface area contributed by atoms with E-state index in [1.54, 1.807) is 12.1 Å². The molecule has 0 saturated heterocycles. The maximum Gasteiger partial charge on any atom is 0.263 e. The van der Waals surface area contributed by atoms with E-state index in [9.17, 15) is 13.2 Å². The van der Waals surface area contributed by atoms with Gasteiger partial charge in [-0.2, -0.15) is 5.10 Å². The molecule has 7 nitrogen and oxygen atoms in total. The summed E-state index contributed by atoms with van der Waals surface area (Å²) in [7, 11) is -3.21. The summed E-state index contributed by atoms with van der Waals surface area (Å²) in [5.41, 5.74) is 9.43. The highest BCUT2D eigenvalue weighted by Gasteiger charge is 2.40. The molecule has 0 bridgehead atoms. The van der Waals surface area contributed by atoms with Crippen molar-refractivity contribution in [1.82, 2.24) is 15.5 Å². The fourth-order valence-corrected chi connectivity index (χ4v) is 4.96. The molecule has 9 heteroatoms. The van der Waals surface area contributed by atoms with Gasteiger partial charge in [0, 0.05) is 23.6 Å². The summed E-state index contributed by atoms with van der Waals surface area (Å²) < 4.78 is 23.1. The average Bonchev–Trinajstić information content (AvgIpc) is 3.31. The monoisotopic (exact) mass is 416 g/mol. The second-order valence-corrected chi connectivity index (χ2v) is 10.2. The number of hydrogen-bond acceptors (Lipinski definition) is 7. The number of rotatable bonds is 4. The molecule has 3 N–H and O–H groups in total. The van der Waals surface area contributed by atoms with Crippen molar-refractivity contribution in [2.75, 3.05) is 12.0 Å². The molecule has 2 aromatic heterocycles. The van der Waals surface area contributed by atoms with Gasteiger partial charge >= 0.3 is 0 Å². The van der Waals surface area contributed by atoms with Crippen molar-refractivity contribution in [3.8, 4) is 0 Å². The molecular weight excluding hydrogens is 396 g/mol. The number of carbonyl (C=O) groups excluding carboxylic acids is 1. The first-order valence-corrected chi connectivity index (χ1v) is 11.5. The number of hydrogen-bond donors (Lipinski definition) is 2. The lowest BCUT2D eigenvalue weighted by Crippen LogP contribution is -2.26. The molecule has 2 atom stereocenters. The lowest BCUT2D eigenvalue weighted by Gasteiger charge is -2.05. The van der Waals surface area contributed by atoms with Crippen molar-refractivity contribution in [2.24, 2.45) is 0 Å². The summed E-state index contributed by atoms with van der Waals surface area (Å²) in [5, 5.41) is 12.1. The smallest absolute Gasteiger partial charge is 0.263 e. The number of nitrogen functional groups attached to an aromatic ring is 1. The van der Waals surface area contributed by atoms with Crippen molar-refractivity contribution in [3.05, 3.63) is 46.0 Å². The average molecular weight is 417 g/mol. The first kappa shape index (κ1) is 18.8. The summed E-state index contributed by atoms with van der Waals surface area (Å²) in [6.07, 6.45) is 2.00. The third-order valence-corrected chi connectivity index (χ3v) is 7.40. The maximum absolute atomic E-state index is 12.7. The third kappa shape index (κ3) is 3.24. The molecule has 0 aliphatic heterocycles. The Balaban J connectivity index is 1.51. The van der Waals surface area contributed by atoms with E-state index in [1.807, 2.05) is 26.0 Å². The molecule has 4 rings (SSSR count). The van der Waals surface area contributed by atoms with Crippen molar-refractivity contribution >= 4 is 43.0 Å². The fourth-order valence-electron chi connectivity index (χ4n) is 3.33. The number of thiophene rings is 1. The number of fused-ring (bicyclic) bond motifs is 1. The standard InChI is InChI=1S/C19H20N4O3S2/c1-9-10(2)22-23-19-15(9)16(20)17(27-19)18(24)21-14-8-13(14)11-4-6-12(7-5-11)28(3,25)26/h4-7,13-14H,8,20H2,1-3H3,(H,21,24)/t13-,14+/m1/s1. The lowest BCUT2D eigenvalue weighted by atomic mass is 10.1. The highest BCUT2D eigenvalue weighted by molar-refractivity contribution is 7.90. The Morgan fingerprint density at radius 2 is 1.89 bits per heavy atom. The summed E-state index contributed by atoms with van der Waals surface area (Å²) in [4.78, 5) is 14.1. The molecule has 28 heavy (non-hydrogen) atoms. The number of nitrogens with two attached hydrogens (primary N) is 1. The van der Waals surface area contributed by atoms with E-state index in [-0.39, 0.29) is 17.9 Å². The number of anilines is 1. The van der Waals surface area contributed by atoms with Crippen LogP contribution < -0.4 is 11.1 Å². The molecule has 0 unspecified atom stereocenters. The predicted molar refractivity (Wildman–Crippen MR) is 109 cm³/mol. The number of benzene rings is 1. The first-order chi connectivity index (χ1) is 13.2. The molecule has 1 saturated carbocycles. The Bertz CT molecular complexity index is 1200. The minimum atomic E-state index is -3.21. The third-order valence-electron chi connectivity index (χ3n) is 5.18. The summed E-state index contributed by atoms with van der Waals surface area (Å²) in [5.74, 6) is -0.0326. The van der Waals surface area contributed by atoms with E-state index in [4.69, 9.17) is 5.73 Å². The van der Waals surface area contributed by atoms with E-state index in [0.717, 1.165) is 28.6 Å². The zero-order valence-corrected chi connectivity index (χ0v) is 17.3. The first-order valence-electron chi connectivity index (χ1n) is 8.79. The Kier molecular flexibility index (Phi) is 4.39. The van der Waals surface area contributed by atoms with E-state index >= 15 is 0 Å². The number of carbonyl (C=O) groups is 1. The maximum atomic E-state index is 12.7. The van der Waals surface area contributed by atoms with Crippen molar-refractivity contribution in [2.45, 2.75) is 37.1 Å². The van der Waals surface area contributed by atoms with Gasteiger partial charge in [-0.25, -0.2) is 8.42 Å². The minimum Gasteiger partial charge on any atom is -0.397 e. The van der Waals surface area contributed by atoms with Gasteiger partial charge in [0.2, 0.25) is 0 Å². The van der Waals surface area contributed by atoms with Crippen LogP contribution in [0, 0.1) is 13.8 Å². The largest absolute Gasteiger partial charge is 0.397 e. The number of aromatic nitrogens is 2. The van der Waals surface area contributed by atoms with Gasteiger partial charge in [0.1, 0.15) is 9.71 Å². The van der Waals surface area contributed by atoms with Crippen LogP contribution in [0.3, 0.4) is 0 Å². The van der Waals surface area contributed by atoms with Gasteiger partial charge in [0.25, 0.3) is 5.91 Å². The predicted octanol–water partition coefficient (Wildman–Crippen LogP) is 2.58. The van der Waals surface area contributed by atoms with Crippen LogP contribution in [-0.2, 0) is 9.84 Å². The van der Waals surface area contributed by atoms with Gasteiger partial charge in [-0.15, -0.1) is 16.4 Å². The fraction of sp³-hybridized carbons (Fsp3) is 0.316. The van der Waals surface area contributed by atoms with Crippen LogP contribution in [-0.4, -0.2) is 36.8 Å². The van der Waals surface area contributed by atoms with Gasteiger partial charge in [-0.1, -0.05) is 12.1 Å². The minimum absolute atomic E-state index is 0.00936. The van der Waals surface area contributed by atoms with Gasteiger partial charge in [0.15, 0.2) is 9.84 Å². The molecule has 1 aromatic carbocycles. The molecule has 1 fully saturated rings. The lowest BCUT2D eigenvalue weighted by molar-refractivity contribution is 0.0955. The Hall–Kier alpha value is -2.52. The molecule has 1 amide bonds. The number of nitrogens with zero attached hydrogens (tertiary/aromatic N) is 2. The second-order valence-electron chi connectivity index (χ2n) is 7.20. The molecule has 146 valence electrons. The van der Waals surface area contributed by atoms with Gasteiger partial charge < -0.3 is 11.1 Å². The van der Waals surface area contributed by atoms with E-state index in [2.05, 4.69) is 15.5 Å². The van der Waals surface area contributed by atoms with Crippen LogP contribution in [0.1, 0.15) is 38.8 Å². The van der Waals surface area contributed by atoms with Crippen LogP contribution in [0.5, 0.6) is 0 Å². The van der Waals surface area contributed by atoms with E-state index < -0.39 is 9.84 Å². The molecule has 1 aliphatic carbocycles. The van der Waals surface area contributed by atoms with E-state index in [1.165, 1.54) is 17.6 Å². The highest BCUT2D eigenvalue weighted by Crippen LogP contribution is 2.42. The second kappa shape index (κ2) is 6.52. The van der Waals surface area contributed by atoms with Crippen molar-refractivity contribution < 1.29 is 13.2 Å². The topological polar surface area (TPSA) is 115 Å². The van der Waals surface area contributed by atoms with Crippen molar-refractivity contribution in [1.29, 1.82) is 0 Å². The van der Waals surface area contributed by atoms with Gasteiger partial charge in [-0.3, -0.25) is 4.79 Å². The summed E-state index contributed by atoms with van der Waals surface area (Å²) >= 11 is 1.25. The molecule has 3 aromatic rings. The Labute approximate surface area is 166 Å². The highest BCUT2D eigenvalue weighted by atomic mass is 32.2. The van der Waals surface area contributed by atoms with Crippen LogP contribution in [0.2, 0.25) is 0 Å². The van der Waals surface area contributed by atoms with E-state index in [0.29, 0.717) is 20.3 Å². The van der Waals surface area contributed by atoms with Crippen LogP contribution >= 0.6 is 11.3 Å². The number of amides is 1. The SMILES string of the molecule is Cc1nnc2sc(C(=O)N[C@H]3C[C@@H]3c3ccc(S(C)(=O)=O)cc3)c(N)c2c1C. The zero-order chi connectivity index (χ0) is 20.2. The molecule has 2 heterocycles. The van der Waals surface area contributed by atoms with Crippen LogP contribution in [0.15, 0.2) is 29.2 Å². The normalized spacial score (nSPS) is 19.0. The number of sulfone groups is 1. The zero-order valence-electron chi connectivity index (χ0n) is 15.7. The van der Waals surface area contributed by atoms with Gasteiger partial charge in [0.05, 0.1) is 16.3 Å². The summed E-state index contributed by atoms with van der Waals surface area (Å²) in [6, 6.07) is 6.84. The molecular formula is C19H20N4O3S2. The molecule has 0 spiro atoms. The van der Waals surface area contributed by atoms with Crippen LogP contribution in [0.4, 0.5) is 5.69 Å². The van der Waals surface area contributed by atoms with Gasteiger partial charge in [-0.05, 0) is 43.5 Å². The van der Waals surface area contributed by atoms with Crippen LogP contribution in [0.25, 0.3) is 10.2 Å². The molecule has 0 radical (unpaired) electrons. The number of nitrogens with one attached hydrogen (secondary N) is 1. The number of aryl methyl sites for hydroxylation is 2. The summed E-state index contributed by atoms with van der Waals surface area (Å²) in [6.45, 7) is 3.79. The Morgan fingerprint density at radius 3 is 2.54 bits per heavy atom. The van der Waals surface area contributed by atoms with Crippen molar-refractivity contribution in [3.63, 3.8) is 0 Å². The molecule has 1 aliphatic rings.